The van der Waals surface area contributed by atoms with Crippen LogP contribution in [0, 0.1) is 0 Å². The zero-order valence-electron chi connectivity index (χ0n) is 13.6. The summed E-state index contributed by atoms with van der Waals surface area (Å²) in [6, 6.07) is 6.86. The number of nitrogens with one attached hydrogen (secondary N) is 2. The van der Waals surface area contributed by atoms with Crippen molar-refractivity contribution in [2.24, 2.45) is 0 Å². The van der Waals surface area contributed by atoms with Gasteiger partial charge in [-0.25, -0.2) is 4.98 Å². The van der Waals surface area contributed by atoms with Crippen LogP contribution in [0.1, 0.15) is 49.8 Å². The first-order valence-corrected chi connectivity index (χ1v) is 8.25. The molecular weight excluding hydrogens is 312 g/mol. The number of Topliss-reactive ketones (excluding diaryl/α,β-unsaturated/α-hetero) is 1. The molecule has 0 aliphatic rings. The van der Waals surface area contributed by atoms with Crippen molar-refractivity contribution in [1.29, 1.82) is 0 Å². The van der Waals surface area contributed by atoms with Crippen LogP contribution in [0.15, 0.2) is 29.4 Å². The lowest BCUT2D eigenvalue weighted by atomic mass is 10.1. The topological polar surface area (TPSA) is 87.7 Å². The molecule has 2 N–H and O–H groups in total. The predicted octanol–water partition coefficient (Wildman–Crippen LogP) is 3.25. The van der Waals surface area contributed by atoms with Crippen LogP contribution < -0.4 is 5.32 Å². The van der Waals surface area contributed by atoms with E-state index in [9.17, 15) is 9.59 Å². The molecule has 7 heteroatoms. The van der Waals surface area contributed by atoms with Crippen LogP contribution in [-0.2, 0) is 4.79 Å². The van der Waals surface area contributed by atoms with Gasteiger partial charge in [0.25, 0.3) is 0 Å². The molecule has 1 unspecified atom stereocenters. The largest absolute Gasteiger partial charge is 0.326 e. The average Bonchev–Trinajstić information content (AvgIpc) is 2.95. The number of H-pyrrole nitrogens is 1. The Morgan fingerprint density at radius 3 is 2.35 bits per heavy atom. The summed E-state index contributed by atoms with van der Waals surface area (Å²) in [5.41, 5.74) is 1.27. The lowest BCUT2D eigenvalue weighted by molar-refractivity contribution is -0.114. The number of benzene rings is 1. The molecule has 0 bridgehead atoms. The van der Waals surface area contributed by atoms with E-state index in [1.165, 1.54) is 18.7 Å². The Kier molecular flexibility index (Phi) is 5.54. The zero-order valence-corrected chi connectivity index (χ0v) is 14.4. The Balaban J connectivity index is 2.02. The highest BCUT2D eigenvalue weighted by Gasteiger charge is 2.19. The number of hydrogen-bond acceptors (Lipinski definition) is 5. The first-order valence-electron chi connectivity index (χ1n) is 7.37. The van der Waals surface area contributed by atoms with Gasteiger partial charge >= 0.3 is 0 Å². The summed E-state index contributed by atoms with van der Waals surface area (Å²) in [5.74, 6) is 0.940. The van der Waals surface area contributed by atoms with Crippen LogP contribution in [0.2, 0.25) is 0 Å². The van der Waals surface area contributed by atoms with E-state index in [0.717, 1.165) is 5.82 Å². The monoisotopic (exact) mass is 332 g/mol. The summed E-state index contributed by atoms with van der Waals surface area (Å²) in [6.45, 7) is 7.33. The number of carbonyl (C=O) groups excluding carboxylic acids is 2. The Labute approximate surface area is 139 Å². The molecule has 122 valence electrons. The number of amides is 1. The fourth-order valence-corrected chi connectivity index (χ4v) is 2.75. The summed E-state index contributed by atoms with van der Waals surface area (Å²) in [4.78, 5) is 27.8. The number of carbonyl (C=O) groups is 2. The van der Waals surface area contributed by atoms with Gasteiger partial charge in [-0.2, -0.15) is 0 Å². The lowest BCUT2D eigenvalue weighted by Crippen LogP contribution is -2.14. The minimum atomic E-state index is -0.294. The Morgan fingerprint density at radius 2 is 1.83 bits per heavy atom. The van der Waals surface area contributed by atoms with Crippen LogP contribution >= 0.6 is 11.8 Å². The van der Waals surface area contributed by atoms with Crippen molar-refractivity contribution in [3.05, 3.63) is 35.7 Å². The average molecular weight is 332 g/mol. The van der Waals surface area contributed by atoms with Crippen molar-refractivity contribution in [2.75, 3.05) is 5.32 Å². The quantitative estimate of drug-likeness (QED) is 0.626. The van der Waals surface area contributed by atoms with Crippen LogP contribution in [0.5, 0.6) is 0 Å². The maximum absolute atomic E-state index is 12.4. The van der Waals surface area contributed by atoms with Gasteiger partial charge in [0, 0.05) is 24.1 Å². The van der Waals surface area contributed by atoms with Crippen molar-refractivity contribution in [1.82, 2.24) is 15.2 Å². The molecule has 23 heavy (non-hydrogen) atoms. The van der Waals surface area contributed by atoms with Crippen LogP contribution in [0.25, 0.3) is 0 Å². The van der Waals surface area contributed by atoms with Crippen LogP contribution in [0.4, 0.5) is 5.69 Å². The summed E-state index contributed by atoms with van der Waals surface area (Å²) in [5, 5.41) is 9.96. The van der Waals surface area contributed by atoms with Gasteiger partial charge < -0.3 is 5.32 Å². The molecule has 1 atom stereocenters. The van der Waals surface area contributed by atoms with E-state index in [2.05, 4.69) is 20.5 Å². The molecule has 0 spiro atoms. The molecule has 0 aliphatic carbocycles. The minimum absolute atomic E-state index is 0.000252. The predicted molar refractivity (Wildman–Crippen MR) is 90.9 cm³/mol. The van der Waals surface area contributed by atoms with E-state index < -0.39 is 0 Å². The smallest absolute Gasteiger partial charge is 0.221 e. The highest BCUT2D eigenvalue weighted by molar-refractivity contribution is 8.00. The maximum atomic E-state index is 12.4. The number of rotatable bonds is 6. The number of hydrogen-bond donors (Lipinski definition) is 2. The molecule has 2 rings (SSSR count). The van der Waals surface area contributed by atoms with Gasteiger partial charge in [0.2, 0.25) is 11.1 Å². The van der Waals surface area contributed by atoms with E-state index in [1.807, 2.05) is 20.8 Å². The van der Waals surface area contributed by atoms with Crippen molar-refractivity contribution in [2.45, 2.75) is 44.0 Å². The van der Waals surface area contributed by atoms with E-state index in [1.54, 1.807) is 24.3 Å². The van der Waals surface area contributed by atoms with Gasteiger partial charge in [-0.1, -0.05) is 25.6 Å². The molecule has 0 saturated heterocycles. The standard InChI is InChI=1S/C16H20N4O2S/c1-9(2)15-18-16(20-19-15)23-10(3)14(22)12-5-7-13(8-6-12)17-11(4)21/h5-10H,1-4H3,(H,17,21)(H,18,19,20). The first kappa shape index (κ1) is 17.2. The van der Waals surface area contributed by atoms with Gasteiger partial charge in [-0.15, -0.1) is 5.10 Å². The van der Waals surface area contributed by atoms with Crippen molar-refractivity contribution in [3.8, 4) is 0 Å². The highest BCUT2D eigenvalue weighted by Crippen LogP contribution is 2.24. The molecule has 1 aromatic heterocycles. The zero-order chi connectivity index (χ0) is 17.0. The number of anilines is 1. The lowest BCUT2D eigenvalue weighted by Gasteiger charge is -2.09. The SMILES string of the molecule is CC(=O)Nc1ccc(C(=O)C(C)Sc2n[nH]c(C(C)C)n2)cc1. The van der Waals surface area contributed by atoms with Gasteiger partial charge in [-0.3, -0.25) is 14.7 Å². The molecular formula is C16H20N4O2S. The first-order chi connectivity index (χ1) is 10.9. The number of aromatic nitrogens is 3. The van der Waals surface area contributed by atoms with Crippen LogP contribution in [-0.4, -0.2) is 32.1 Å². The summed E-state index contributed by atoms with van der Waals surface area (Å²) in [7, 11) is 0. The third-order valence-electron chi connectivity index (χ3n) is 3.17. The fourth-order valence-electron chi connectivity index (χ4n) is 1.94. The van der Waals surface area contributed by atoms with Crippen molar-refractivity contribution in [3.63, 3.8) is 0 Å². The second kappa shape index (κ2) is 7.41. The van der Waals surface area contributed by atoms with E-state index in [4.69, 9.17) is 0 Å². The normalized spacial score (nSPS) is 12.2. The number of thioether (sulfide) groups is 1. The van der Waals surface area contributed by atoms with Gasteiger partial charge in [0.15, 0.2) is 5.78 Å². The maximum Gasteiger partial charge on any atom is 0.221 e. The molecule has 0 radical (unpaired) electrons. The number of ketones is 1. The summed E-state index contributed by atoms with van der Waals surface area (Å²) >= 11 is 1.33. The third-order valence-corrected chi connectivity index (χ3v) is 4.13. The Morgan fingerprint density at radius 1 is 1.17 bits per heavy atom. The molecule has 1 amide bonds. The molecule has 0 saturated carbocycles. The van der Waals surface area contributed by atoms with Gasteiger partial charge in [0.1, 0.15) is 5.82 Å². The van der Waals surface area contributed by atoms with Crippen molar-refractivity contribution >= 4 is 29.1 Å². The molecule has 6 nitrogen and oxygen atoms in total. The molecule has 0 fully saturated rings. The van der Waals surface area contributed by atoms with Crippen LogP contribution in [0.3, 0.4) is 0 Å². The minimum Gasteiger partial charge on any atom is -0.326 e. The highest BCUT2D eigenvalue weighted by atomic mass is 32.2. The third kappa shape index (κ3) is 4.66. The van der Waals surface area contributed by atoms with Gasteiger partial charge in [0.05, 0.1) is 5.25 Å². The molecule has 0 aliphatic heterocycles. The van der Waals surface area contributed by atoms with Crippen molar-refractivity contribution < 1.29 is 9.59 Å². The molecule has 1 heterocycles. The fraction of sp³-hybridized carbons (Fsp3) is 0.375. The molecule has 2 aromatic rings. The summed E-state index contributed by atoms with van der Waals surface area (Å²) in [6.07, 6.45) is 0. The van der Waals surface area contributed by atoms with E-state index in [0.29, 0.717) is 16.4 Å². The van der Waals surface area contributed by atoms with E-state index >= 15 is 0 Å². The number of nitrogens with zero attached hydrogens (tertiary/aromatic N) is 2. The van der Waals surface area contributed by atoms with E-state index in [-0.39, 0.29) is 22.9 Å². The Hall–Kier alpha value is -2.15. The number of aromatic amines is 1. The summed E-state index contributed by atoms with van der Waals surface area (Å²) < 4.78 is 0. The molecule has 1 aromatic carbocycles. The Bertz CT molecular complexity index is 694. The van der Waals surface area contributed by atoms with Gasteiger partial charge in [-0.05, 0) is 31.2 Å². The second-order valence-corrected chi connectivity index (χ2v) is 6.85. The second-order valence-electron chi connectivity index (χ2n) is 5.54.